The summed E-state index contributed by atoms with van der Waals surface area (Å²) >= 11 is 0. The molecule has 7 heteroatoms. The van der Waals surface area contributed by atoms with E-state index in [1.165, 1.54) is 24.1 Å². The number of carbonyl (C=O) groups is 3. The molecule has 2 amide bonds. The Morgan fingerprint density at radius 2 is 1.53 bits per heavy atom. The van der Waals surface area contributed by atoms with Crippen molar-refractivity contribution in [3.05, 3.63) is 64.2 Å². The van der Waals surface area contributed by atoms with Gasteiger partial charge in [-0.15, -0.1) is 0 Å². The zero-order valence-electron chi connectivity index (χ0n) is 20.1. The molecular weight excluding hydrogens is 408 g/mol. The predicted molar refractivity (Wildman–Crippen MR) is 122 cm³/mol. The summed E-state index contributed by atoms with van der Waals surface area (Å²) in [4.78, 5) is 39.0. The second-order valence-corrected chi connectivity index (χ2v) is 8.77. The van der Waals surface area contributed by atoms with Crippen LogP contribution in [-0.4, -0.2) is 47.2 Å². The second-order valence-electron chi connectivity index (χ2n) is 8.77. The van der Waals surface area contributed by atoms with E-state index in [-0.39, 0.29) is 5.91 Å². The Labute approximate surface area is 189 Å². The number of carbonyl (C=O) groups excluding carboxylic acids is 3. The van der Waals surface area contributed by atoms with Gasteiger partial charge >= 0.3 is 5.97 Å². The molecule has 32 heavy (non-hydrogen) atoms. The highest BCUT2D eigenvalue weighted by atomic mass is 16.5. The van der Waals surface area contributed by atoms with Crippen LogP contribution in [0.4, 0.5) is 0 Å². The minimum atomic E-state index is -0.794. The van der Waals surface area contributed by atoms with E-state index in [2.05, 4.69) is 0 Å². The van der Waals surface area contributed by atoms with Gasteiger partial charge in [0.05, 0.1) is 12.6 Å². The topological polar surface area (TPSA) is 76.2 Å². The summed E-state index contributed by atoms with van der Waals surface area (Å²) in [5.74, 6) is -0.857. The standard InChI is InChI=1S/C25H32N2O5/c1-16-12-17(2)14-20(13-16)23(29)27(25(5,6)7)26(15-32-19(4)28)24(30)21-10-9-11-22(31-8)18(21)3/h9-14H,15H2,1-8H3. The summed E-state index contributed by atoms with van der Waals surface area (Å²) in [5.41, 5.74) is 2.49. The Bertz CT molecular complexity index is 1000. The molecule has 172 valence electrons. The van der Waals surface area contributed by atoms with Crippen LogP contribution in [0.5, 0.6) is 5.75 Å². The summed E-state index contributed by atoms with van der Waals surface area (Å²) < 4.78 is 10.5. The van der Waals surface area contributed by atoms with E-state index in [9.17, 15) is 14.4 Å². The minimum absolute atomic E-state index is 0.346. The summed E-state index contributed by atoms with van der Waals surface area (Å²) in [6, 6.07) is 10.6. The van der Waals surface area contributed by atoms with Gasteiger partial charge < -0.3 is 9.47 Å². The Balaban J connectivity index is 2.63. The lowest BCUT2D eigenvalue weighted by atomic mass is 10.0. The quantitative estimate of drug-likeness (QED) is 0.390. The first-order chi connectivity index (χ1) is 14.9. The van der Waals surface area contributed by atoms with Crippen LogP contribution in [0.25, 0.3) is 0 Å². The molecule has 2 rings (SSSR count). The van der Waals surface area contributed by atoms with Gasteiger partial charge in [0.25, 0.3) is 11.8 Å². The van der Waals surface area contributed by atoms with Crippen molar-refractivity contribution in [2.24, 2.45) is 0 Å². The van der Waals surface area contributed by atoms with Gasteiger partial charge in [-0.3, -0.25) is 14.4 Å². The van der Waals surface area contributed by atoms with Gasteiger partial charge in [-0.05, 0) is 65.8 Å². The van der Waals surface area contributed by atoms with Crippen LogP contribution in [0.3, 0.4) is 0 Å². The van der Waals surface area contributed by atoms with E-state index >= 15 is 0 Å². The molecule has 0 bridgehead atoms. The van der Waals surface area contributed by atoms with Gasteiger partial charge in [-0.25, -0.2) is 10.0 Å². The summed E-state index contributed by atoms with van der Waals surface area (Å²) in [5, 5.41) is 2.54. The van der Waals surface area contributed by atoms with Gasteiger partial charge in [0, 0.05) is 23.6 Å². The maximum Gasteiger partial charge on any atom is 0.304 e. The maximum atomic E-state index is 13.7. The van der Waals surface area contributed by atoms with E-state index in [1.54, 1.807) is 37.3 Å². The van der Waals surface area contributed by atoms with E-state index in [0.717, 1.165) is 11.1 Å². The van der Waals surface area contributed by atoms with Crippen molar-refractivity contribution in [2.75, 3.05) is 13.8 Å². The summed E-state index contributed by atoms with van der Waals surface area (Å²) in [6.07, 6.45) is 0. The highest BCUT2D eigenvalue weighted by Gasteiger charge is 2.37. The highest BCUT2D eigenvalue weighted by Crippen LogP contribution is 2.27. The third kappa shape index (κ3) is 5.66. The fourth-order valence-corrected chi connectivity index (χ4v) is 3.56. The van der Waals surface area contributed by atoms with Crippen molar-refractivity contribution in [2.45, 2.75) is 54.0 Å². The van der Waals surface area contributed by atoms with E-state index < -0.39 is 24.1 Å². The minimum Gasteiger partial charge on any atom is -0.496 e. The number of amides is 2. The number of hydrogen-bond donors (Lipinski definition) is 0. The molecule has 0 aliphatic heterocycles. The fraction of sp³-hybridized carbons (Fsp3) is 0.400. The lowest BCUT2D eigenvalue weighted by Gasteiger charge is -2.43. The van der Waals surface area contributed by atoms with Crippen LogP contribution in [-0.2, 0) is 9.53 Å². The Morgan fingerprint density at radius 3 is 2.03 bits per heavy atom. The largest absolute Gasteiger partial charge is 0.496 e. The van der Waals surface area contributed by atoms with Gasteiger partial charge in [0.1, 0.15) is 5.75 Å². The number of aryl methyl sites for hydroxylation is 2. The molecule has 0 fully saturated rings. The molecule has 0 radical (unpaired) electrons. The van der Waals surface area contributed by atoms with Crippen molar-refractivity contribution >= 4 is 17.8 Å². The molecule has 0 aromatic heterocycles. The molecule has 0 unspecified atom stereocenters. The summed E-state index contributed by atoms with van der Waals surface area (Å²) in [6.45, 7) is 11.9. The highest BCUT2D eigenvalue weighted by molar-refractivity contribution is 6.00. The summed E-state index contributed by atoms with van der Waals surface area (Å²) in [7, 11) is 1.53. The lowest BCUT2D eigenvalue weighted by molar-refractivity contribution is -0.153. The fourth-order valence-electron chi connectivity index (χ4n) is 3.56. The molecule has 0 aliphatic carbocycles. The van der Waals surface area contributed by atoms with Gasteiger partial charge in [-0.2, -0.15) is 0 Å². The maximum absolute atomic E-state index is 13.7. The number of ether oxygens (including phenoxy) is 2. The number of hydrogen-bond acceptors (Lipinski definition) is 5. The van der Waals surface area contributed by atoms with Crippen molar-refractivity contribution in [3.63, 3.8) is 0 Å². The molecule has 0 saturated heterocycles. The molecule has 0 aliphatic rings. The zero-order chi connectivity index (χ0) is 24.2. The van der Waals surface area contributed by atoms with Crippen LogP contribution >= 0.6 is 0 Å². The van der Waals surface area contributed by atoms with Crippen LogP contribution < -0.4 is 4.74 Å². The van der Waals surface area contributed by atoms with Crippen molar-refractivity contribution in [3.8, 4) is 5.75 Å². The molecule has 0 spiro atoms. The van der Waals surface area contributed by atoms with Gasteiger partial charge in [-0.1, -0.05) is 23.3 Å². The first-order valence-corrected chi connectivity index (χ1v) is 10.4. The number of hydrazine groups is 1. The van der Waals surface area contributed by atoms with Crippen LogP contribution in [0.15, 0.2) is 36.4 Å². The Hall–Kier alpha value is -3.35. The van der Waals surface area contributed by atoms with Crippen molar-refractivity contribution in [1.82, 2.24) is 10.0 Å². The van der Waals surface area contributed by atoms with E-state index in [0.29, 0.717) is 22.4 Å². The molecule has 7 nitrogen and oxygen atoms in total. The van der Waals surface area contributed by atoms with Crippen molar-refractivity contribution in [1.29, 1.82) is 0 Å². The monoisotopic (exact) mass is 440 g/mol. The lowest BCUT2D eigenvalue weighted by Crippen LogP contribution is -2.59. The first kappa shape index (κ1) is 24.9. The van der Waals surface area contributed by atoms with E-state index in [1.807, 2.05) is 40.7 Å². The first-order valence-electron chi connectivity index (χ1n) is 10.4. The molecule has 0 saturated carbocycles. The molecule has 0 heterocycles. The molecule has 2 aromatic rings. The number of methoxy groups -OCH3 is 1. The van der Waals surface area contributed by atoms with Gasteiger partial charge in [0.15, 0.2) is 6.73 Å². The average molecular weight is 441 g/mol. The smallest absolute Gasteiger partial charge is 0.304 e. The number of esters is 1. The van der Waals surface area contributed by atoms with Crippen molar-refractivity contribution < 1.29 is 23.9 Å². The third-order valence-electron chi connectivity index (χ3n) is 4.90. The van der Waals surface area contributed by atoms with Gasteiger partial charge in [0.2, 0.25) is 0 Å². The molecular formula is C25H32N2O5. The Kier molecular flexibility index (Phi) is 7.67. The Morgan fingerprint density at radius 1 is 0.938 bits per heavy atom. The third-order valence-corrected chi connectivity index (χ3v) is 4.90. The van der Waals surface area contributed by atoms with Crippen LogP contribution in [0.2, 0.25) is 0 Å². The molecule has 2 aromatic carbocycles. The number of benzene rings is 2. The molecule has 0 atom stereocenters. The zero-order valence-corrected chi connectivity index (χ0v) is 20.1. The average Bonchev–Trinajstić information content (AvgIpc) is 2.68. The second kappa shape index (κ2) is 9.85. The normalized spacial score (nSPS) is 11.0. The number of nitrogens with zero attached hydrogens (tertiary/aromatic N) is 2. The van der Waals surface area contributed by atoms with Crippen LogP contribution in [0.1, 0.15) is 65.1 Å². The van der Waals surface area contributed by atoms with Crippen LogP contribution in [0, 0.1) is 20.8 Å². The molecule has 0 N–H and O–H groups in total. The van der Waals surface area contributed by atoms with E-state index in [4.69, 9.17) is 9.47 Å². The SMILES string of the molecule is COc1cccc(C(=O)N(COC(C)=O)N(C(=O)c2cc(C)cc(C)c2)C(C)(C)C)c1C. The predicted octanol–water partition coefficient (Wildman–Crippen LogP) is 4.44. The number of rotatable bonds is 5.